The molecule has 96 valence electrons. The molecule has 0 aliphatic rings. The molecule has 1 aromatic heterocycles. The van der Waals surface area contributed by atoms with Crippen molar-refractivity contribution in [2.45, 2.75) is 32.7 Å². The van der Waals surface area contributed by atoms with E-state index in [-0.39, 0.29) is 5.91 Å². The minimum atomic E-state index is -0.399. The van der Waals surface area contributed by atoms with Crippen LogP contribution in [0, 0.1) is 5.92 Å². The fourth-order valence-electron chi connectivity index (χ4n) is 1.68. The second-order valence-electron chi connectivity index (χ2n) is 4.80. The van der Waals surface area contributed by atoms with E-state index in [1.54, 1.807) is 10.9 Å². The first kappa shape index (κ1) is 13.7. The van der Waals surface area contributed by atoms with E-state index in [4.69, 9.17) is 5.73 Å². The lowest BCUT2D eigenvalue weighted by Gasteiger charge is -2.13. The number of hydrogen-bond donors (Lipinski definition) is 2. The van der Waals surface area contributed by atoms with Crippen LogP contribution in [0.5, 0.6) is 0 Å². The fourth-order valence-corrected chi connectivity index (χ4v) is 1.68. The first-order valence-corrected chi connectivity index (χ1v) is 6.00. The molecule has 0 spiro atoms. The zero-order valence-corrected chi connectivity index (χ0v) is 10.8. The van der Waals surface area contributed by atoms with Crippen molar-refractivity contribution in [3.05, 3.63) is 18.0 Å². The average Bonchev–Trinajstić information content (AvgIpc) is 2.63. The highest BCUT2D eigenvalue weighted by Gasteiger charge is 2.14. The number of hydrogen-bond acceptors (Lipinski definition) is 3. The van der Waals surface area contributed by atoms with Gasteiger partial charge in [-0.1, -0.05) is 13.8 Å². The summed E-state index contributed by atoms with van der Waals surface area (Å²) in [6.07, 6.45) is 5.26. The molecule has 0 radical (unpaired) electrons. The van der Waals surface area contributed by atoms with Crippen molar-refractivity contribution in [3.8, 4) is 0 Å². The molecule has 0 aliphatic carbocycles. The summed E-state index contributed by atoms with van der Waals surface area (Å²) in [5.74, 6) is 0.372. The van der Waals surface area contributed by atoms with Crippen LogP contribution in [0.15, 0.2) is 12.4 Å². The van der Waals surface area contributed by atoms with Gasteiger partial charge in [-0.3, -0.25) is 9.48 Å². The Labute approximate surface area is 102 Å². The molecule has 3 N–H and O–H groups in total. The van der Waals surface area contributed by atoms with E-state index in [0.717, 1.165) is 18.4 Å². The Bertz CT molecular complexity index is 359. The maximum absolute atomic E-state index is 11.6. The van der Waals surface area contributed by atoms with Crippen LogP contribution in [0.4, 0.5) is 0 Å². The topological polar surface area (TPSA) is 72.9 Å². The molecule has 0 aliphatic heterocycles. The van der Waals surface area contributed by atoms with Crippen LogP contribution in [0.1, 0.15) is 25.8 Å². The van der Waals surface area contributed by atoms with Gasteiger partial charge in [0.15, 0.2) is 0 Å². The molecular weight excluding hydrogens is 216 g/mol. The summed E-state index contributed by atoms with van der Waals surface area (Å²) in [5, 5.41) is 6.91. The molecule has 0 saturated carbocycles. The molecule has 5 nitrogen and oxygen atoms in total. The predicted octanol–water partition coefficient (Wildman–Crippen LogP) is 0.452. The van der Waals surface area contributed by atoms with Crippen LogP contribution in [-0.2, 0) is 18.3 Å². The van der Waals surface area contributed by atoms with Gasteiger partial charge in [0.2, 0.25) is 5.91 Å². The molecule has 1 heterocycles. The summed E-state index contributed by atoms with van der Waals surface area (Å²) in [6.45, 7) is 4.72. The van der Waals surface area contributed by atoms with Gasteiger partial charge in [-0.15, -0.1) is 0 Å². The number of aromatic nitrogens is 2. The summed E-state index contributed by atoms with van der Waals surface area (Å²) in [7, 11) is 1.88. The molecule has 0 fully saturated rings. The second-order valence-corrected chi connectivity index (χ2v) is 4.80. The summed E-state index contributed by atoms with van der Waals surface area (Å²) < 4.78 is 1.75. The van der Waals surface area contributed by atoms with Gasteiger partial charge in [0.05, 0.1) is 12.2 Å². The average molecular weight is 238 g/mol. The van der Waals surface area contributed by atoms with Crippen LogP contribution in [0.3, 0.4) is 0 Å². The summed E-state index contributed by atoms with van der Waals surface area (Å²) in [5.41, 5.74) is 6.89. The first-order chi connectivity index (χ1) is 7.99. The van der Waals surface area contributed by atoms with Crippen LogP contribution >= 0.6 is 0 Å². The summed E-state index contributed by atoms with van der Waals surface area (Å²) in [4.78, 5) is 11.6. The van der Waals surface area contributed by atoms with Crippen molar-refractivity contribution in [1.82, 2.24) is 15.1 Å². The molecule has 1 rings (SSSR count). The van der Waals surface area contributed by atoms with Crippen molar-refractivity contribution < 1.29 is 4.79 Å². The van der Waals surface area contributed by atoms with Gasteiger partial charge in [-0.05, 0) is 24.3 Å². The molecule has 1 atom stereocenters. The standard InChI is InChI=1S/C12H22N4O/c1-9(2)6-11(13)12(17)14-5-4-10-7-15-16(3)8-10/h7-9,11H,4-6,13H2,1-3H3,(H,14,17). The van der Waals surface area contributed by atoms with E-state index in [9.17, 15) is 4.79 Å². The van der Waals surface area contributed by atoms with Gasteiger partial charge >= 0.3 is 0 Å². The number of carbonyl (C=O) groups excluding carboxylic acids is 1. The normalized spacial score (nSPS) is 12.8. The van der Waals surface area contributed by atoms with E-state index >= 15 is 0 Å². The number of nitrogens with one attached hydrogen (secondary N) is 1. The van der Waals surface area contributed by atoms with E-state index in [2.05, 4.69) is 24.3 Å². The molecule has 1 unspecified atom stereocenters. The third-order valence-corrected chi connectivity index (χ3v) is 2.53. The van der Waals surface area contributed by atoms with Crippen LogP contribution in [0.2, 0.25) is 0 Å². The minimum absolute atomic E-state index is 0.0670. The van der Waals surface area contributed by atoms with Gasteiger partial charge in [0, 0.05) is 19.8 Å². The lowest BCUT2D eigenvalue weighted by atomic mass is 10.0. The number of nitrogens with two attached hydrogens (primary N) is 1. The Kier molecular flexibility index (Phi) is 5.15. The Balaban J connectivity index is 2.24. The number of nitrogens with zero attached hydrogens (tertiary/aromatic N) is 2. The summed E-state index contributed by atoms with van der Waals surface area (Å²) in [6, 6.07) is -0.399. The molecule has 0 saturated heterocycles. The van der Waals surface area contributed by atoms with Crippen molar-refractivity contribution in [1.29, 1.82) is 0 Å². The molecular formula is C12H22N4O. The lowest BCUT2D eigenvalue weighted by molar-refractivity contribution is -0.122. The van der Waals surface area contributed by atoms with E-state index < -0.39 is 6.04 Å². The quantitative estimate of drug-likeness (QED) is 0.756. The zero-order chi connectivity index (χ0) is 12.8. The molecule has 1 aromatic rings. The van der Waals surface area contributed by atoms with Crippen molar-refractivity contribution in [2.75, 3.05) is 6.54 Å². The number of amides is 1. The van der Waals surface area contributed by atoms with Crippen LogP contribution in [-0.4, -0.2) is 28.3 Å². The molecule has 17 heavy (non-hydrogen) atoms. The monoisotopic (exact) mass is 238 g/mol. The highest BCUT2D eigenvalue weighted by molar-refractivity contribution is 5.81. The largest absolute Gasteiger partial charge is 0.354 e. The van der Waals surface area contributed by atoms with Crippen molar-refractivity contribution >= 4 is 5.91 Å². The van der Waals surface area contributed by atoms with E-state index in [1.165, 1.54) is 0 Å². The van der Waals surface area contributed by atoms with E-state index in [1.807, 2.05) is 13.2 Å². The number of rotatable bonds is 6. The molecule has 1 amide bonds. The smallest absolute Gasteiger partial charge is 0.236 e. The highest BCUT2D eigenvalue weighted by Crippen LogP contribution is 2.02. The highest BCUT2D eigenvalue weighted by atomic mass is 16.2. The summed E-state index contributed by atoms with van der Waals surface area (Å²) >= 11 is 0. The Morgan fingerprint density at radius 3 is 2.82 bits per heavy atom. The fraction of sp³-hybridized carbons (Fsp3) is 0.667. The third-order valence-electron chi connectivity index (χ3n) is 2.53. The van der Waals surface area contributed by atoms with Gasteiger partial charge < -0.3 is 11.1 Å². The Hall–Kier alpha value is -1.36. The van der Waals surface area contributed by atoms with Gasteiger partial charge in [-0.25, -0.2) is 0 Å². The van der Waals surface area contributed by atoms with Crippen molar-refractivity contribution in [3.63, 3.8) is 0 Å². The molecule has 5 heteroatoms. The van der Waals surface area contributed by atoms with Gasteiger partial charge in [0.1, 0.15) is 0 Å². The van der Waals surface area contributed by atoms with Crippen molar-refractivity contribution in [2.24, 2.45) is 18.7 Å². The minimum Gasteiger partial charge on any atom is -0.354 e. The maximum Gasteiger partial charge on any atom is 0.236 e. The van der Waals surface area contributed by atoms with E-state index in [0.29, 0.717) is 12.5 Å². The van der Waals surface area contributed by atoms with Gasteiger partial charge in [-0.2, -0.15) is 5.10 Å². The Morgan fingerprint density at radius 2 is 2.29 bits per heavy atom. The third kappa shape index (κ3) is 4.99. The molecule has 0 bridgehead atoms. The first-order valence-electron chi connectivity index (χ1n) is 6.00. The maximum atomic E-state index is 11.6. The van der Waals surface area contributed by atoms with Gasteiger partial charge in [0.25, 0.3) is 0 Å². The molecule has 0 aromatic carbocycles. The number of carbonyl (C=O) groups is 1. The lowest BCUT2D eigenvalue weighted by Crippen LogP contribution is -2.42. The second kappa shape index (κ2) is 6.39. The number of aryl methyl sites for hydroxylation is 1. The van der Waals surface area contributed by atoms with Crippen LogP contribution < -0.4 is 11.1 Å². The SMILES string of the molecule is CC(C)CC(N)C(=O)NCCc1cnn(C)c1. The van der Waals surface area contributed by atoms with Crippen LogP contribution in [0.25, 0.3) is 0 Å². The zero-order valence-electron chi connectivity index (χ0n) is 10.8. The Morgan fingerprint density at radius 1 is 1.59 bits per heavy atom. The predicted molar refractivity (Wildman–Crippen MR) is 67.4 cm³/mol.